The zero-order valence-corrected chi connectivity index (χ0v) is 16.6. The largest absolute Gasteiger partial charge is 0.280 e. The normalized spacial score (nSPS) is 13.6. The summed E-state index contributed by atoms with van der Waals surface area (Å²) in [6.45, 7) is 4.57. The molecule has 29 heavy (non-hydrogen) atoms. The predicted octanol–water partition coefficient (Wildman–Crippen LogP) is 6.07. The third-order valence-electron chi connectivity index (χ3n) is 5.99. The molecule has 0 saturated carbocycles. The van der Waals surface area contributed by atoms with Crippen molar-refractivity contribution in [2.45, 2.75) is 19.3 Å². The quantitative estimate of drug-likeness (QED) is 0.348. The van der Waals surface area contributed by atoms with Crippen LogP contribution >= 0.6 is 0 Å². The highest BCUT2D eigenvalue weighted by molar-refractivity contribution is 5.83. The van der Waals surface area contributed by atoms with Crippen LogP contribution in [0.15, 0.2) is 91.3 Å². The highest BCUT2D eigenvalue weighted by Crippen LogP contribution is 2.49. The topological polar surface area (TPSA) is 42.1 Å². The van der Waals surface area contributed by atoms with Crippen molar-refractivity contribution in [2.24, 2.45) is 5.84 Å². The molecule has 0 atom stereocenters. The first-order chi connectivity index (χ1) is 14.1. The van der Waals surface area contributed by atoms with Gasteiger partial charge < -0.3 is 0 Å². The molecule has 1 aliphatic rings. The van der Waals surface area contributed by atoms with E-state index in [2.05, 4.69) is 91.6 Å². The van der Waals surface area contributed by atoms with Crippen LogP contribution in [0.5, 0.6) is 0 Å². The van der Waals surface area contributed by atoms with Gasteiger partial charge >= 0.3 is 0 Å². The molecule has 142 valence electrons. The average Bonchev–Trinajstić information content (AvgIpc) is 3.01. The number of pyridine rings is 1. The number of aromatic nitrogens is 1. The van der Waals surface area contributed by atoms with Crippen molar-refractivity contribution in [2.75, 3.05) is 5.01 Å². The van der Waals surface area contributed by atoms with Crippen LogP contribution in [0.2, 0.25) is 0 Å². The minimum Gasteiger partial charge on any atom is -0.280 e. The molecule has 1 aromatic heterocycles. The van der Waals surface area contributed by atoms with Gasteiger partial charge in [0.05, 0.1) is 11.4 Å². The smallest absolute Gasteiger partial charge is 0.0578 e. The third-order valence-corrected chi connectivity index (χ3v) is 5.99. The maximum Gasteiger partial charge on any atom is 0.0578 e. The fourth-order valence-corrected chi connectivity index (χ4v) is 4.34. The van der Waals surface area contributed by atoms with Crippen molar-refractivity contribution < 1.29 is 0 Å². The Morgan fingerprint density at radius 3 is 2.21 bits per heavy atom. The van der Waals surface area contributed by atoms with E-state index in [4.69, 9.17) is 5.84 Å². The minimum absolute atomic E-state index is 0.0348. The summed E-state index contributed by atoms with van der Waals surface area (Å²) in [7, 11) is 0. The maximum atomic E-state index is 6.51. The van der Waals surface area contributed by atoms with Crippen LogP contribution in [0.25, 0.3) is 22.3 Å². The molecule has 0 amide bonds. The summed E-state index contributed by atoms with van der Waals surface area (Å²) in [5, 5.41) is 1.76. The van der Waals surface area contributed by atoms with Crippen molar-refractivity contribution in [3.05, 3.63) is 102 Å². The molecule has 3 nitrogen and oxygen atoms in total. The Morgan fingerprint density at radius 1 is 0.724 bits per heavy atom. The van der Waals surface area contributed by atoms with Crippen molar-refractivity contribution in [1.29, 1.82) is 0 Å². The second-order valence-corrected chi connectivity index (χ2v) is 8.06. The van der Waals surface area contributed by atoms with Gasteiger partial charge in [-0.3, -0.25) is 9.99 Å². The Balaban J connectivity index is 1.49. The van der Waals surface area contributed by atoms with Crippen molar-refractivity contribution in [3.63, 3.8) is 0 Å². The Kier molecular flexibility index (Phi) is 4.00. The lowest BCUT2D eigenvalue weighted by Crippen LogP contribution is -2.25. The number of nitrogens with zero attached hydrogens (tertiary/aromatic N) is 2. The molecule has 3 heteroatoms. The highest BCUT2D eigenvalue weighted by Gasteiger charge is 2.35. The van der Waals surface area contributed by atoms with Gasteiger partial charge in [-0.2, -0.15) is 0 Å². The van der Waals surface area contributed by atoms with Gasteiger partial charge in [-0.25, -0.2) is 5.84 Å². The van der Waals surface area contributed by atoms with Gasteiger partial charge in [0, 0.05) is 17.8 Å². The average molecular weight is 377 g/mol. The summed E-state index contributed by atoms with van der Waals surface area (Å²) >= 11 is 0. The molecule has 1 aliphatic carbocycles. The molecule has 1 heterocycles. The van der Waals surface area contributed by atoms with Crippen LogP contribution in [0.4, 0.5) is 11.4 Å². The van der Waals surface area contributed by atoms with E-state index in [9.17, 15) is 0 Å². The lowest BCUT2D eigenvalue weighted by Gasteiger charge is -2.24. The molecule has 2 N–H and O–H groups in total. The van der Waals surface area contributed by atoms with E-state index in [0.29, 0.717) is 0 Å². The Hall–Kier alpha value is -3.43. The van der Waals surface area contributed by atoms with E-state index in [1.54, 1.807) is 11.2 Å². The van der Waals surface area contributed by atoms with Crippen molar-refractivity contribution in [1.82, 2.24) is 4.98 Å². The molecule has 0 unspecified atom stereocenters. The second-order valence-electron chi connectivity index (χ2n) is 8.06. The molecular weight excluding hydrogens is 354 g/mol. The van der Waals surface area contributed by atoms with Gasteiger partial charge in [-0.1, -0.05) is 62.4 Å². The summed E-state index contributed by atoms with van der Waals surface area (Å²) in [6, 6.07) is 27.5. The second kappa shape index (κ2) is 6.57. The predicted molar refractivity (Wildman–Crippen MR) is 120 cm³/mol. The first-order valence-electron chi connectivity index (χ1n) is 9.85. The van der Waals surface area contributed by atoms with Gasteiger partial charge in [0.1, 0.15) is 0 Å². The number of hydrazine groups is 1. The number of anilines is 2. The molecule has 0 spiro atoms. The van der Waals surface area contributed by atoms with Gasteiger partial charge in [0.15, 0.2) is 0 Å². The number of hydrogen-bond acceptors (Lipinski definition) is 3. The summed E-state index contributed by atoms with van der Waals surface area (Å²) < 4.78 is 0. The van der Waals surface area contributed by atoms with Crippen molar-refractivity contribution in [3.8, 4) is 22.3 Å². The SMILES string of the molecule is CC1(C)c2ccccc2-c2ccc(N(N)c3ccc(-c4cccnc4)cc3)cc21. The van der Waals surface area contributed by atoms with Crippen LogP contribution < -0.4 is 10.9 Å². The van der Waals surface area contributed by atoms with E-state index >= 15 is 0 Å². The first-order valence-corrected chi connectivity index (χ1v) is 9.85. The molecule has 0 aliphatic heterocycles. The highest BCUT2D eigenvalue weighted by atomic mass is 15.4. The van der Waals surface area contributed by atoms with E-state index in [0.717, 1.165) is 22.5 Å². The minimum atomic E-state index is -0.0348. The monoisotopic (exact) mass is 377 g/mol. The van der Waals surface area contributed by atoms with E-state index in [-0.39, 0.29) is 5.41 Å². The maximum absolute atomic E-state index is 6.51. The van der Waals surface area contributed by atoms with Crippen LogP contribution in [0, 0.1) is 0 Å². The number of benzene rings is 3. The first kappa shape index (κ1) is 17.7. The zero-order valence-electron chi connectivity index (χ0n) is 16.6. The molecule has 3 aromatic carbocycles. The fraction of sp³-hybridized carbons (Fsp3) is 0.115. The van der Waals surface area contributed by atoms with Crippen LogP contribution in [-0.4, -0.2) is 4.98 Å². The number of hydrogen-bond donors (Lipinski definition) is 1. The standard InChI is InChI=1S/C26H23N3/c1-26(2)24-8-4-3-7-22(24)23-14-13-21(16-25(23)26)29(27)20-11-9-18(10-12-20)19-6-5-15-28-17-19/h3-17H,27H2,1-2H3. The number of rotatable bonds is 3. The summed E-state index contributed by atoms with van der Waals surface area (Å²) in [6.07, 6.45) is 3.66. The number of fused-ring (bicyclic) bond motifs is 3. The number of nitrogens with two attached hydrogens (primary N) is 1. The molecule has 0 bridgehead atoms. The zero-order chi connectivity index (χ0) is 20.0. The molecular formula is C26H23N3. The summed E-state index contributed by atoms with van der Waals surface area (Å²) in [5.41, 5.74) is 9.44. The molecule has 4 aromatic rings. The Bertz CT molecular complexity index is 1180. The third kappa shape index (κ3) is 2.82. The summed E-state index contributed by atoms with van der Waals surface area (Å²) in [5.74, 6) is 6.51. The lowest BCUT2D eigenvalue weighted by molar-refractivity contribution is 0.660. The van der Waals surface area contributed by atoms with E-state index in [1.165, 1.54) is 22.3 Å². The molecule has 5 rings (SSSR count). The van der Waals surface area contributed by atoms with Gasteiger partial charge in [-0.05, 0) is 63.7 Å². The lowest BCUT2D eigenvalue weighted by atomic mass is 9.82. The van der Waals surface area contributed by atoms with E-state index < -0.39 is 0 Å². The van der Waals surface area contributed by atoms with E-state index in [1.807, 2.05) is 12.3 Å². The molecule has 0 saturated heterocycles. The molecule has 0 fully saturated rings. The van der Waals surface area contributed by atoms with Crippen LogP contribution in [0.3, 0.4) is 0 Å². The van der Waals surface area contributed by atoms with Crippen LogP contribution in [-0.2, 0) is 5.41 Å². The Labute approximate surface area is 171 Å². The van der Waals surface area contributed by atoms with Crippen LogP contribution in [0.1, 0.15) is 25.0 Å². The van der Waals surface area contributed by atoms with Crippen molar-refractivity contribution >= 4 is 11.4 Å². The van der Waals surface area contributed by atoms with Gasteiger partial charge in [-0.15, -0.1) is 0 Å². The Morgan fingerprint density at radius 2 is 1.45 bits per heavy atom. The fourth-order valence-electron chi connectivity index (χ4n) is 4.34. The van der Waals surface area contributed by atoms with Gasteiger partial charge in [0.25, 0.3) is 0 Å². The van der Waals surface area contributed by atoms with Gasteiger partial charge in [0.2, 0.25) is 0 Å². The molecule has 0 radical (unpaired) electrons. The summed E-state index contributed by atoms with van der Waals surface area (Å²) in [4.78, 5) is 4.20.